The molecule has 0 aliphatic rings. The Morgan fingerprint density at radius 1 is 1.39 bits per heavy atom. The molecule has 3 nitrogen and oxygen atoms in total. The molecule has 0 aliphatic heterocycles. The molecule has 0 saturated heterocycles. The third-order valence-electron chi connectivity index (χ3n) is 1.97. The summed E-state index contributed by atoms with van der Waals surface area (Å²) < 4.78 is 31.4. The van der Waals surface area contributed by atoms with Gasteiger partial charge in [-0.25, -0.2) is 13.6 Å². The Hall–Kier alpha value is -2.22. The molecule has 1 rings (SSSR count). The van der Waals surface area contributed by atoms with E-state index in [-0.39, 0.29) is 0 Å². The zero-order valence-corrected chi connectivity index (χ0v) is 9.91. The lowest BCUT2D eigenvalue weighted by molar-refractivity contribution is -0.142. The van der Waals surface area contributed by atoms with Gasteiger partial charge in [-0.15, -0.1) is 0 Å². The van der Waals surface area contributed by atoms with Crippen molar-refractivity contribution in [1.82, 2.24) is 0 Å². The van der Waals surface area contributed by atoms with E-state index in [0.29, 0.717) is 0 Å². The van der Waals surface area contributed by atoms with Crippen molar-refractivity contribution in [3.05, 3.63) is 41.0 Å². The zero-order valence-electron chi connectivity index (χ0n) is 9.91. The van der Waals surface area contributed by atoms with Gasteiger partial charge in [0.25, 0.3) is 0 Å². The van der Waals surface area contributed by atoms with Gasteiger partial charge in [0.1, 0.15) is 23.3 Å². The van der Waals surface area contributed by atoms with Crippen LogP contribution in [0.4, 0.5) is 8.78 Å². The molecule has 5 heteroatoms. The van der Waals surface area contributed by atoms with Gasteiger partial charge in [0.15, 0.2) is 0 Å². The van der Waals surface area contributed by atoms with Crippen LogP contribution in [0.5, 0.6) is 0 Å². The van der Waals surface area contributed by atoms with Crippen molar-refractivity contribution < 1.29 is 18.3 Å². The number of nitrogens with zero attached hydrogens (tertiary/aromatic N) is 1. The second-order valence-corrected chi connectivity index (χ2v) is 3.76. The van der Waals surface area contributed by atoms with E-state index in [9.17, 15) is 13.6 Å². The van der Waals surface area contributed by atoms with Crippen LogP contribution in [0, 0.1) is 23.0 Å². The molecule has 0 radical (unpaired) electrons. The number of hydrogen-bond donors (Lipinski definition) is 0. The normalized spacial score (nSPS) is 11.2. The molecular weight excluding hydrogens is 240 g/mol. The summed E-state index contributed by atoms with van der Waals surface area (Å²) in [4.78, 5) is 11.5. The van der Waals surface area contributed by atoms with E-state index in [1.807, 2.05) is 0 Å². The maximum Gasteiger partial charge on any atom is 0.349 e. The van der Waals surface area contributed by atoms with E-state index in [2.05, 4.69) is 0 Å². The second-order valence-electron chi connectivity index (χ2n) is 3.76. The highest BCUT2D eigenvalue weighted by Crippen LogP contribution is 2.16. The maximum absolute atomic E-state index is 13.3. The number of nitriles is 1. The predicted octanol–water partition coefficient (Wildman–Crippen LogP) is 2.82. The van der Waals surface area contributed by atoms with E-state index in [1.54, 1.807) is 19.9 Å². The van der Waals surface area contributed by atoms with Gasteiger partial charge in [0.2, 0.25) is 0 Å². The summed E-state index contributed by atoms with van der Waals surface area (Å²) in [6.45, 7) is 3.22. The third kappa shape index (κ3) is 3.39. The van der Waals surface area contributed by atoms with Crippen LogP contribution in [0.3, 0.4) is 0 Å². The monoisotopic (exact) mass is 251 g/mol. The molecule has 0 fully saturated rings. The molecule has 0 amide bonds. The molecule has 0 bridgehead atoms. The van der Waals surface area contributed by atoms with Crippen LogP contribution in [-0.2, 0) is 9.53 Å². The molecule has 0 heterocycles. The van der Waals surface area contributed by atoms with Crippen LogP contribution in [0.25, 0.3) is 6.08 Å². The number of benzene rings is 1. The molecular formula is C13H11F2NO2. The standard InChI is InChI=1S/C13H11F2NO2/c1-8(2)18-13(17)9(7-16)6-10-11(14)4-3-5-12(10)15/h3-6,8H,1-2H3. The lowest BCUT2D eigenvalue weighted by Crippen LogP contribution is -2.13. The Morgan fingerprint density at radius 3 is 2.39 bits per heavy atom. The molecule has 0 spiro atoms. The summed E-state index contributed by atoms with van der Waals surface area (Å²) in [7, 11) is 0. The van der Waals surface area contributed by atoms with Crippen molar-refractivity contribution in [3.8, 4) is 6.07 Å². The van der Waals surface area contributed by atoms with Crippen molar-refractivity contribution >= 4 is 12.0 Å². The van der Waals surface area contributed by atoms with E-state index in [0.717, 1.165) is 18.2 Å². The Bertz CT molecular complexity index is 510. The first-order valence-corrected chi connectivity index (χ1v) is 5.22. The Kier molecular flexibility index (Phi) is 4.55. The fourth-order valence-corrected chi connectivity index (χ4v) is 1.21. The molecule has 0 N–H and O–H groups in total. The highest BCUT2D eigenvalue weighted by Gasteiger charge is 2.15. The highest BCUT2D eigenvalue weighted by atomic mass is 19.1. The molecule has 0 aromatic heterocycles. The van der Waals surface area contributed by atoms with Crippen LogP contribution in [-0.4, -0.2) is 12.1 Å². The molecule has 0 atom stereocenters. The summed E-state index contributed by atoms with van der Waals surface area (Å²) in [5.41, 5.74) is -0.887. The molecule has 18 heavy (non-hydrogen) atoms. The van der Waals surface area contributed by atoms with E-state index in [1.165, 1.54) is 6.07 Å². The Morgan fingerprint density at radius 2 is 1.94 bits per heavy atom. The zero-order chi connectivity index (χ0) is 13.7. The topological polar surface area (TPSA) is 50.1 Å². The molecule has 1 aromatic rings. The average molecular weight is 251 g/mol. The minimum Gasteiger partial charge on any atom is -0.459 e. The first-order chi connectivity index (χ1) is 8.45. The largest absolute Gasteiger partial charge is 0.459 e. The quantitative estimate of drug-likeness (QED) is 0.471. The van der Waals surface area contributed by atoms with Crippen molar-refractivity contribution in [2.45, 2.75) is 20.0 Å². The lowest BCUT2D eigenvalue weighted by Gasteiger charge is -2.06. The number of carbonyl (C=O) groups excluding carboxylic acids is 1. The van der Waals surface area contributed by atoms with E-state index >= 15 is 0 Å². The summed E-state index contributed by atoms with van der Waals surface area (Å²) in [6.07, 6.45) is 0.426. The first kappa shape index (κ1) is 13.8. The highest BCUT2D eigenvalue weighted by molar-refractivity contribution is 5.98. The fourth-order valence-electron chi connectivity index (χ4n) is 1.21. The van der Waals surface area contributed by atoms with Crippen LogP contribution in [0.2, 0.25) is 0 Å². The number of esters is 1. The number of carbonyl (C=O) groups is 1. The molecule has 0 saturated carbocycles. The summed E-state index contributed by atoms with van der Waals surface area (Å²) in [5, 5.41) is 8.79. The van der Waals surface area contributed by atoms with Crippen molar-refractivity contribution in [3.63, 3.8) is 0 Å². The van der Waals surface area contributed by atoms with Gasteiger partial charge in [-0.3, -0.25) is 0 Å². The van der Waals surface area contributed by atoms with Gasteiger partial charge in [0, 0.05) is 5.56 Å². The number of hydrogen-bond acceptors (Lipinski definition) is 3. The lowest BCUT2D eigenvalue weighted by atomic mass is 10.1. The fraction of sp³-hybridized carbons (Fsp3) is 0.231. The maximum atomic E-state index is 13.3. The van der Waals surface area contributed by atoms with Crippen LogP contribution >= 0.6 is 0 Å². The van der Waals surface area contributed by atoms with E-state index in [4.69, 9.17) is 10.00 Å². The predicted molar refractivity (Wildman–Crippen MR) is 61.2 cm³/mol. The second kappa shape index (κ2) is 5.92. The minimum absolute atomic E-state index is 0.417. The van der Waals surface area contributed by atoms with Gasteiger partial charge >= 0.3 is 5.97 Å². The molecule has 0 aliphatic carbocycles. The smallest absolute Gasteiger partial charge is 0.349 e. The van der Waals surface area contributed by atoms with Gasteiger partial charge in [-0.1, -0.05) is 6.07 Å². The van der Waals surface area contributed by atoms with Gasteiger partial charge in [-0.2, -0.15) is 5.26 Å². The van der Waals surface area contributed by atoms with Gasteiger partial charge in [0.05, 0.1) is 6.10 Å². The van der Waals surface area contributed by atoms with E-state index < -0.39 is 34.8 Å². The van der Waals surface area contributed by atoms with Crippen LogP contribution < -0.4 is 0 Å². The number of halogens is 2. The van der Waals surface area contributed by atoms with Crippen LogP contribution in [0.15, 0.2) is 23.8 Å². The van der Waals surface area contributed by atoms with Crippen LogP contribution in [0.1, 0.15) is 19.4 Å². The summed E-state index contributed by atoms with van der Waals surface area (Å²) in [5.74, 6) is -2.60. The number of rotatable bonds is 3. The molecule has 0 unspecified atom stereocenters. The average Bonchev–Trinajstić information content (AvgIpc) is 2.27. The number of ether oxygens (including phenoxy) is 1. The van der Waals surface area contributed by atoms with Gasteiger partial charge in [-0.05, 0) is 32.1 Å². The third-order valence-corrected chi connectivity index (χ3v) is 1.97. The van der Waals surface area contributed by atoms with Crippen molar-refractivity contribution in [2.75, 3.05) is 0 Å². The SMILES string of the molecule is CC(C)OC(=O)C(C#N)=Cc1c(F)cccc1F. The van der Waals surface area contributed by atoms with Crippen molar-refractivity contribution in [1.29, 1.82) is 5.26 Å². The summed E-state index contributed by atoms with van der Waals surface area (Å²) >= 11 is 0. The summed E-state index contributed by atoms with van der Waals surface area (Å²) in [6, 6.07) is 4.84. The Labute approximate surface area is 103 Å². The first-order valence-electron chi connectivity index (χ1n) is 5.22. The minimum atomic E-state index is -0.907. The Balaban J connectivity index is 3.13. The van der Waals surface area contributed by atoms with Crippen molar-refractivity contribution in [2.24, 2.45) is 0 Å². The molecule has 1 aromatic carbocycles. The molecule has 94 valence electrons. The van der Waals surface area contributed by atoms with Gasteiger partial charge < -0.3 is 4.74 Å².